The zero-order valence-electron chi connectivity index (χ0n) is 10.6. The van der Waals surface area contributed by atoms with Crippen LogP contribution in [0.15, 0.2) is 18.3 Å². The summed E-state index contributed by atoms with van der Waals surface area (Å²) in [5, 5.41) is 3.32. The third-order valence-electron chi connectivity index (χ3n) is 3.19. The Kier molecular flexibility index (Phi) is 4.02. The summed E-state index contributed by atoms with van der Waals surface area (Å²) >= 11 is 0. The van der Waals surface area contributed by atoms with E-state index >= 15 is 0 Å². The summed E-state index contributed by atoms with van der Waals surface area (Å²) in [6.07, 6.45) is 4.28. The van der Waals surface area contributed by atoms with Crippen LogP contribution < -0.4 is 11.1 Å². The molecule has 1 aliphatic rings. The van der Waals surface area contributed by atoms with E-state index in [1.54, 1.807) is 6.20 Å². The van der Waals surface area contributed by atoms with Gasteiger partial charge in [-0.25, -0.2) is 4.98 Å². The Morgan fingerprint density at radius 3 is 3.06 bits per heavy atom. The summed E-state index contributed by atoms with van der Waals surface area (Å²) in [5.41, 5.74) is 6.23. The van der Waals surface area contributed by atoms with Gasteiger partial charge in [-0.05, 0) is 38.3 Å². The van der Waals surface area contributed by atoms with Crippen LogP contribution in [0.4, 0.5) is 11.5 Å². The number of hydrogen-bond donors (Lipinski definition) is 2. The molecule has 3 N–H and O–H groups in total. The molecule has 0 bridgehead atoms. The molecule has 0 unspecified atom stereocenters. The summed E-state index contributed by atoms with van der Waals surface area (Å²) in [6, 6.07) is 3.95. The number of esters is 1. The number of anilines is 2. The molecular formula is C13H19N3O2. The van der Waals surface area contributed by atoms with E-state index in [9.17, 15) is 4.79 Å². The van der Waals surface area contributed by atoms with Gasteiger partial charge >= 0.3 is 5.97 Å². The molecule has 1 saturated carbocycles. The predicted octanol–water partition coefficient (Wildman–Crippen LogP) is 1.81. The van der Waals surface area contributed by atoms with Gasteiger partial charge in [0.15, 0.2) is 0 Å². The number of pyridine rings is 1. The first-order valence-electron chi connectivity index (χ1n) is 6.33. The van der Waals surface area contributed by atoms with Gasteiger partial charge in [-0.3, -0.25) is 4.79 Å². The van der Waals surface area contributed by atoms with Crippen LogP contribution in [-0.4, -0.2) is 23.6 Å². The van der Waals surface area contributed by atoms with E-state index in [1.165, 1.54) is 0 Å². The minimum absolute atomic E-state index is 0.0243. The summed E-state index contributed by atoms with van der Waals surface area (Å²) in [6.45, 7) is 2.29. The molecule has 1 heterocycles. The standard InChI is InChI=1S/C13H19N3O2/c1-2-18-13(17)9-3-5-11(7-9)16-12-6-4-10(14)8-15-12/h4,6,8-9,11H,2-3,5,7,14H2,1H3,(H,15,16)/t9-,11+/m1/s1. The quantitative estimate of drug-likeness (QED) is 0.796. The van der Waals surface area contributed by atoms with Crippen molar-refractivity contribution in [3.05, 3.63) is 18.3 Å². The third kappa shape index (κ3) is 3.12. The lowest BCUT2D eigenvalue weighted by Gasteiger charge is -2.13. The zero-order chi connectivity index (χ0) is 13.0. The molecule has 0 aliphatic heterocycles. The number of nitrogens with one attached hydrogen (secondary N) is 1. The average Bonchev–Trinajstić information content (AvgIpc) is 2.81. The lowest BCUT2D eigenvalue weighted by molar-refractivity contribution is -0.147. The van der Waals surface area contributed by atoms with E-state index in [1.807, 2.05) is 19.1 Å². The number of nitrogens with zero attached hydrogens (tertiary/aromatic N) is 1. The number of carbonyl (C=O) groups excluding carboxylic acids is 1. The Morgan fingerprint density at radius 1 is 1.56 bits per heavy atom. The lowest BCUT2D eigenvalue weighted by atomic mass is 10.1. The number of ether oxygens (including phenoxy) is 1. The average molecular weight is 249 g/mol. The predicted molar refractivity (Wildman–Crippen MR) is 70.0 cm³/mol. The monoisotopic (exact) mass is 249 g/mol. The van der Waals surface area contributed by atoms with E-state index in [0.29, 0.717) is 12.3 Å². The molecule has 1 aromatic rings. The molecule has 2 atom stereocenters. The van der Waals surface area contributed by atoms with Crippen molar-refractivity contribution in [2.75, 3.05) is 17.7 Å². The molecule has 0 saturated heterocycles. The van der Waals surface area contributed by atoms with Crippen LogP contribution in [0.1, 0.15) is 26.2 Å². The van der Waals surface area contributed by atoms with Crippen LogP contribution in [0.2, 0.25) is 0 Å². The van der Waals surface area contributed by atoms with Crippen LogP contribution in [0.25, 0.3) is 0 Å². The largest absolute Gasteiger partial charge is 0.466 e. The van der Waals surface area contributed by atoms with Crippen LogP contribution in [0.3, 0.4) is 0 Å². The smallest absolute Gasteiger partial charge is 0.308 e. The molecule has 2 rings (SSSR count). The number of hydrogen-bond acceptors (Lipinski definition) is 5. The molecule has 1 aromatic heterocycles. The van der Waals surface area contributed by atoms with Crippen molar-refractivity contribution in [3.63, 3.8) is 0 Å². The second kappa shape index (κ2) is 5.71. The van der Waals surface area contributed by atoms with Gasteiger partial charge in [0.2, 0.25) is 0 Å². The first-order valence-corrected chi connectivity index (χ1v) is 6.33. The Hall–Kier alpha value is -1.78. The Labute approximate surface area is 107 Å². The van der Waals surface area contributed by atoms with Crippen molar-refractivity contribution >= 4 is 17.5 Å². The van der Waals surface area contributed by atoms with Crippen LogP contribution >= 0.6 is 0 Å². The van der Waals surface area contributed by atoms with E-state index in [4.69, 9.17) is 10.5 Å². The number of nitrogens with two attached hydrogens (primary N) is 1. The molecule has 0 radical (unpaired) electrons. The van der Waals surface area contributed by atoms with E-state index in [-0.39, 0.29) is 17.9 Å². The molecule has 0 amide bonds. The van der Waals surface area contributed by atoms with Crippen LogP contribution in [-0.2, 0) is 9.53 Å². The highest BCUT2D eigenvalue weighted by Crippen LogP contribution is 2.28. The van der Waals surface area contributed by atoms with Gasteiger partial charge in [0.25, 0.3) is 0 Å². The van der Waals surface area contributed by atoms with E-state index in [0.717, 1.165) is 25.1 Å². The molecule has 0 spiro atoms. The number of rotatable bonds is 4. The number of nitrogen functional groups attached to an aromatic ring is 1. The van der Waals surface area contributed by atoms with Crippen molar-refractivity contribution in [1.82, 2.24) is 4.98 Å². The molecule has 0 aromatic carbocycles. The lowest BCUT2D eigenvalue weighted by Crippen LogP contribution is -2.20. The van der Waals surface area contributed by atoms with Gasteiger partial charge in [-0.2, -0.15) is 0 Å². The summed E-state index contributed by atoms with van der Waals surface area (Å²) in [4.78, 5) is 15.8. The normalized spacial score (nSPS) is 22.7. The highest BCUT2D eigenvalue weighted by molar-refractivity contribution is 5.73. The van der Waals surface area contributed by atoms with Crippen LogP contribution in [0.5, 0.6) is 0 Å². The molecule has 1 aliphatic carbocycles. The van der Waals surface area contributed by atoms with Crippen molar-refractivity contribution in [2.24, 2.45) is 5.92 Å². The Bertz CT molecular complexity index is 405. The molecule has 98 valence electrons. The van der Waals surface area contributed by atoms with Crippen molar-refractivity contribution in [2.45, 2.75) is 32.2 Å². The minimum Gasteiger partial charge on any atom is -0.466 e. The maximum Gasteiger partial charge on any atom is 0.308 e. The second-order valence-electron chi connectivity index (χ2n) is 4.58. The maximum absolute atomic E-state index is 11.6. The van der Waals surface area contributed by atoms with E-state index in [2.05, 4.69) is 10.3 Å². The summed E-state index contributed by atoms with van der Waals surface area (Å²) in [5.74, 6) is 0.752. The van der Waals surface area contributed by atoms with Crippen molar-refractivity contribution in [3.8, 4) is 0 Å². The zero-order valence-corrected chi connectivity index (χ0v) is 10.6. The Balaban J connectivity index is 1.86. The SMILES string of the molecule is CCOC(=O)[C@@H]1CC[C@H](Nc2ccc(N)cn2)C1. The fraction of sp³-hybridized carbons (Fsp3) is 0.538. The summed E-state index contributed by atoms with van der Waals surface area (Å²) in [7, 11) is 0. The van der Waals surface area contributed by atoms with Gasteiger partial charge in [-0.1, -0.05) is 0 Å². The third-order valence-corrected chi connectivity index (χ3v) is 3.19. The van der Waals surface area contributed by atoms with Gasteiger partial charge in [0.1, 0.15) is 5.82 Å². The van der Waals surface area contributed by atoms with Gasteiger partial charge in [0, 0.05) is 6.04 Å². The molecule has 1 fully saturated rings. The number of aromatic nitrogens is 1. The summed E-state index contributed by atoms with van der Waals surface area (Å²) < 4.78 is 5.04. The highest BCUT2D eigenvalue weighted by Gasteiger charge is 2.30. The maximum atomic E-state index is 11.6. The molecular weight excluding hydrogens is 230 g/mol. The van der Waals surface area contributed by atoms with E-state index < -0.39 is 0 Å². The molecule has 5 heteroatoms. The van der Waals surface area contributed by atoms with Crippen molar-refractivity contribution < 1.29 is 9.53 Å². The first-order chi connectivity index (χ1) is 8.69. The molecule has 18 heavy (non-hydrogen) atoms. The van der Waals surface area contributed by atoms with Gasteiger partial charge in [-0.15, -0.1) is 0 Å². The fourth-order valence-corrected chi connectivity index (χ4v) is 2.29. The first kappa shape index (κ1) is 12.7. The Morgan fingerprint density at radius 2 is 2.39 bits per heavy atom. The molecule has 5 nitrogen and oxygen atoms in total. The van der Waals surface area contributed by atoms with Crippen molar-refractivity contribution in [1.29, 1.82) is 0 Å². The van der Waals surface area contributed by atoms with Gasteiger partial charge < -0.3 is 15.8 Å². The topological polar surface area (TPSA) is 77.2 Å². The number of carbonyl (C=O) groups is 1. The highest BCUT2D eigenvalue weighted by atomic mass is 16.5. The fourth-order valence-electron chi connectivity index (χ4n) is 2.29. The van der Waals surface area contributed by atoms with Gasteiger partial charge in [0.05, 0.1) is 24.4 Å². The minimum atomic E-state index is -0.0768. The van der Waals surface area contributed by atoms with Crippen LogP contribution in [0, 0.1) is 5.92 Å². The second-order valence-corrected chi connectivity index (χ2v) is 4.58.